The number of hydrogen-bond acceptors (Lipinski definition) is 6. The molecule has 3 aromatic heterocycles. The Kier molecular flexibility index (Phi) is 5.21. The van der Waals surface area contributed by atoms with Crippen molar-refractivity contribution in [3.63, 3.8) is 0 Å². The Hall–Kier alpha value is -3.52. The standard InChI is InChI=1S/C27H31N7O/c1-4-27(2,3)23-14-21(10-12-29-23)33-24-22(25(35)34(33)20-7-8-20)16-30-26(32-24)31-19-6-5-18-15-28-11-9-17(18)13-19/h5-6,10,12-14,16,20,28H,4,7-9,11,15H2,1-3H3,(H,30,31,32). The molecular weight excluding hydrogens is 438 g/mol. The van der Waals surface area contributed by atoms with Crippen LogP contribution in [0, 0.1) is 0 Å². The Morgan fingerprint density at radius 3 is 2.80 bits per heavy atom. The Bertz CT molecular complexity index is 1480. The number of hydrogen-bond donors (Lipinski definition) is 2. The summed E-state index contributed by atoms with van der Waals surface area (Å²) < 4.78 is 3.82. The Balaban J connectivity index is 1.46. The van der Waals surface area contributed by atoms with Crippen molar-refractivity contribution in [1.82, 2.24) is 29.6 Å². The van der Waals surface area contributed by atoms with E-state index in [9.17, 15) is 4.79 Å². The van der Waals surface area contributed by atoms with Crippen LogP contribution in [0.3, 0.4) is 0 Å². The van der Waals surface area contributed by atoms with Gasteiger partial charge in [0, 0.05) is 35.7 Å². The number of pyridine rings is 1. The second-order valence-electron chi connectivity index (χ2n) is 10.3. The second-order valence-corrected chi connectivity index (χ2v) is 10.3. The van der Waals surface area contributed by atoms with Crippen molar-refractivity contribution in [3.8, 4) is 5.69 Å². The summed E-state index contributed by atoms with van der Waals surface area (Å²) in [6.07, 6.45) is 7.46. The van der Waals surface area contributed by atoms with Crippen LogP contribution in [0.15, 0.2) is 47.5 Å². The van der Waals surface area contributed by atoms with Gasteiger partial charge in [0.1, 0.15) is 5.39 Å². The van der Waals surface area contributed by atoms with Crippen molar-refractivity contribution in [3.05, 3.63) is 69.9 Å². The number of anilines is 2. The summed E-state index contributed by atoms with van der Waals surface area (Å²) in [7, 11) is 0. The normalized spacial score (nSPS) is 15.9. The molecular formula is C27H31N7O. The summed E-state index contributed by atoms with van der Waals surface area (Å²) in [5.41, 5.74) is 6.05. The van der Waals surface area contributed by atoms with Gasteiger partial charge in [-0.15, -0.1) is 0 Å². The maximum Gasteiger partial charge on any atom is 0.278 e. The highest BCUT2D eigenvalue weighted by Gasteiger charge is 2.31. The largest absolute Gasteiger partial charge is 0.324 e. The number of aromatic nitrogens is 5. The third-order valence-corrected chi connectivity index (χ3v) is 7.43. The highest BCUT2D eigenvalue weighted by Crippen LogP contribution is 2.36. The van der Waals surface area contributed by atoms with Gasteiger partial charge in [0.25, 0.3) is 5.56 Å². The number of benzene rings is 1. The van der Waals surface area contributed by atoms with Gasteiger partial charge in [-0.2, -0.15) is 4.98 Å². The van der Waals surface area contributed by atoms with Crippen LogP contribution in [0.4, 0.5) is 11.6 Å². The van der Waals surface area contributed by atoms with Gasteiger partial charge >= 0.3 is 0 Å². The number of rotatable bonds is 6. The van der Waals surface area contributed by atoms with Crippen molar-refractivity contribution in [2.24, 2.45) is 0 Å². The Labute approximate surface area is 204 Å². The van der Waals surface area contributed by atoms with Gasteiger partial charge in [0.05, 0.1) is 11.7 Å². The molecule has 0 saturated heterocycles. The van der Waals surface area contributed by atoms with Crippen LogP contribution in [-0.2, 0) is 18.4 Å². The highest BCUT2D eigenvalue weighted by molar-refractivity contribution is 5.77. The van der Waals surface area contributed by atoms with E-state index in [-0.39, 0.29) is 17.0 Å². The summed E-state index contributed by atoms with van der Waals surface area (Å²) in [5, 5.41) is 7.30. The number of nitrogens with zero attached hydrogens (tertiary/aromatic N) is 5. The molecule has 0 radical (unpaired) electrons. The summed E-state index contributed by atoms with van der Waals surface area (Å²) in [4.78, 5) is 27.4. The van der Waals surface area contributed by atoms with Crippen LogP contribution in [-0.4, -0.2) is 30.9 Å². The van der Waals surface area contributed by atoms with Gasteiger partial charge in [-0.1, -0.05) is 26.8 Å². The van der Waals surface area contributed by atoms with Gasteiger partial charge in [-0.3, -0.25) is 9.78 Å². The Morgan fingerprint density at radius 1 is 1.14 bits per heavy atom. The lowest BCUT2D eigenvalue weighted by molar-refractivity contribution is 0.488. The molecule has 8 nitrogen and oxygen atoms in total. The zero-order valence-electron chi connectivity index (χ0n) is 20.5. The van der Waals surface area contributed by atoms with Gasteiger partial charge in [0.2, 0.25) is 5.95 Å². The molecule has 1 aliphatic carbocycles. The van der Waals surface area contributed by atoms with E-state index in [1.165, 1.54) is 11.1 Å². The topological polar surface area (TPSA) is 89.7 Å². The van der Waals surface area contributed by atoms with Gasteiger partial charge in [0.15, 0.2) is 5.65 Å². The van der Waals surface area contributed by atoms with Gasteiger partial charge in [-0.25, -0.2) is 14.3 Å². The number of nitrogens with one attached hydrogen (secondary N) is 2. The van der Waals surface area contributed by atoms with Crippen LogP contribution in [0.1, 0.15) is 62.9 Å². The minimum absolute atomic E-state index is 0.0385. The van der Waals surface area contributed by atoms with Crippen LogP contribution < -0.4 is 16.2 Å². The quantitative estimate of drug-likeness (QED) is 0.435. The van der Waals surface area contributed by atoms with E-state index in [0.717, 1.165) is 55.8 Å². The van der Waals surface area contributed by atoms with E-state index in [2.05, 4.69) is 65.6 Å². The first-order valence-electron chi connectivity index (χ1n) is 12.5. The van der Waals surface area contributed by atoms with E-state index in [0.29, 0.717) is 17.0 Å². The molecule has 6 rings (SSSR count). The second kappa shape index (κ2) is 8.30. The summed E-state index contributed by atoms with van der Waals surface area (Å²) in [5.74, 6) is 0.483. The summed E-state index contributed by atoms with van der Waals surface area (Å²) in [6.45, 7) is 8.45. The third kappa shape index (κ3) is 3.91. The molecule has 180 valence electrons. The number of fused-ring (bicyclic) bond motifs is 2. The summed E-state index contributed by atoms with van der Waals surface area (Å²) >= 11 is 0. The van der Waals surface area contributed by atoms with E-state index in [4.69, 9.17) is 4.98 Å². The lowest BCUT2D eigenvalue weighted by Crippen LogP contribution is -2.23. The molecule has 0 bridgehead atoms. The molecule has 1 aromatic carbocycles. The minimum Gasteiger partial charge on any atom is -0.324 e. The molecule has 4 aromatic rings. The smallest absolute Gasteiger partial charge is 0.278 e. The zero-order valence-corrected chi connectivity index (χ0v) is 20.5. The van der Waals surface area contributed by atoms with E-state index < -0.39 is 0 Å². The monoisotopic (exact) mass is 469 g/mol. The van der Waals surface area contributed by atoms with Crippen molar-refractivity contribution < 1.29 is 0 Å². The molecule has 2 N–H and O–H groups in total. The average Bonchev–Trinajstić information content (AvgIpc) is 3.68. The lowest BCUT2D eigenvalue weighted by Gasteiger charge is -2.23. The SMILES string of the molecule is CCC(C)(C)c1cc(-n2c3nc(Nc4ccc5c(c4)CCNC5)ncc3c(=O)n2C2CC2)ccn1. The fourth-order valence-electron chi connectivity index (χ4n) is 4.74. The first-order valence-corrected chi connectivity index (χ1v) is 12.5. The molecule has 0 unspecified atom stereocenters. The first-order chi connectivity index (χ1) is 16.9. The third-order valence-electron chi connectivity index (χ3n) is 7.43. The maximum absolute atomic E-state index is 13.4. The Morgan fingerprint density at radius 2 is 2.00 bits per heavy atom. The molecule has 35 heavy (non-hydrogen) atoms. The fraction of sp³-hybridized carbons (Fsp3) is 0.407. The first kappa shape index (κ1) is 22.0. The average molecular weight is 470 g/mol. The van der Waals surface area contributed by atoms with Crippen molar-refractivity contribution in [2.75, 3.05) is 11.9 Å². The molecule has 0 amide bonds. The molecule has 2 aliphatic rings. The molecule has 1 saturated carbocycles. The van der Waals surface area contributed by atoms with E-state index >= 15 is 0 Å². The maximum atomic E-state index is 13.4. The molecule has 1 aliphatic heterocycles. The van der Waals surface area contributed by atoms with Crippen molar-refractivity contribution in [1.29, 1.82) is 0 Å². The van der Waals surface area contributed by atoms with Crippen molar-refractivity contribution >= 4 is 22.7 Å². The van der Waals surface area contributed by atoms with Gasteiger partial charge in [-0.05, 0) is 67.6 Å². The highest BCUT2D eigenvalue weighted by atomic mass is 16.1. The van der Waals surface area contributed by atoms with E-state index in [1.807, 2.05) is 21.6 Å². The molecule has 1 fully saturated rings. The predicted octanol–water partition coefficient (Wildman–Crippen LogP) is 4.39. The molecule has 4 heterocycles. The van der Waals surface area contributed by atoms with Crippen LogP contribution in [0.5, 0.6) is 0 Å². The van der Waals surface area contributed by atoms with Crippen LogP contribution in [0.2, 0.25) is 0 Å². The molecule has 0 spiro atoms. The molecule has 0 atom stereocenters. The predicted molar refractivity (Wildman–Crippen MR) is 138 cm³/mol. The summed E-state index contributed by atoms with van der Waals surface area (Å²) in [6, 6.07) is 10.6. The molecule has 8 heteroatoms. The van der Waals surface area contributed by atoms with Crippen LogP contribution in [0.25, 0.3) is 16.7 Å². The van der Waals surface area contributed by atoms with Crippen LogP contribution >= 0.6 is 0 Å². The lowest BCUT2D eigenvalue weighted by atomic mass is 9.86. The van der Waals surface area contributed by atoms with Gasteiger partial charge < -0.3 is 10.6 Å². The fourth-order valence-corrected chi connectivity index (χ4v) is 4.74. The minimum atomic E-state index is -0.0622. The van der Waals surface area contributed by atoms with E-state index in [1.54, 1.807) is 6.20 Å². The van der Waals surface area contributed by atoms with Crippen molar-refractivity contribution in [2.45, 2.75) is 64.5 Å². The zero-order chi connectivity index (χ0) is 24.2.